The molecule has 5 heteroatoms. The third-order valence-corrected chi connectivity index (χ3v) is 4.98. The molecular formula is C19H34N4O. The maximum Gasteiger partial charge on any atom is 0.194 e. The topological polar surface area (TPSA) is 44.0 Å². The molecule has 2 rings (SSSR count). The maximum absolute atomic E-state index is 5.41. The molecule has 1 saturated heterocycles. The van der Waals surface area contributed by atoms with Crippen LogP contribution in [0, 0.1) is 0 Å². The number of hydrogen-bond donors (Lipinski definition) is 1. The average molecular weight is 335 g/mol. The van der Waals surface area contributed by atoms with Crippen molar-refractivity contribution in [2.45, 2.75) is 59.0 Å². The van der Waals surface area contributed by atoms with Crippen molar-refractivity contribution in [2.75, 3.05) is 32.7 Å². The van der Waals surface area contributed by atoms with Gasteiger partial charge < -0.3 is 14.6 Å². The Labute approximate surface area is 147 Å². The van der Waals surface area contributed by atoms with Crippen LogP contribution in [0.4, 0.5) is 0 Å². The van der Waals surface area contributed by atoms with E-state index in [1.165, 1.54) is 6.42 Å². The Bertz CT molecular complexity index is 482. The highest BCUT2D eigenvalue weighted by atomic mass is 16.3. The van der Waals surface area contributed by atoms with Gasteiger partial charge in [-0.1, -0.05) is 20.8 Å². The largest absolute Gasteiger partial charge is 0.469 e. The molecule has 2 heterocycles. The van der Waals surface area contributed by atoms with Crippen molar-refractivity contribution in [3.63, 3.8) is 0 Å². The van der Waals surface area contributed by atoms with Gasteiger partial charge in [-0.15, -0.1) is 0 Å². The van der Waals surface area contributed by atoms with Crippen LogP contribution in [0.5, 0.6) is 0 Å². The summed E-state index contributed by atoms with van der Waals surface area (Å²) in [4.78, 5) is 9.85. The molecular weight excluding hydrogens is 300 g/mol. The normalized spacial score (nSPS) is 20.0. The second-order valence-electron chi connectivity index (χ2n) is 6.60. The average Bonchev–Trinajstić information content (AvgIpc) is 3.27. The highest BCUT2D eigenvalue weighted by Crippen LogP contribution is 2.16. The smallest absolute Gasteiger partial charge is 0.194 e. The summed E-state index contributed by atoms with van der Waals surface area (Å²) < 4.78 is 5.41. The summed E-state index contributed by atoms with van der Waals surface area (Å²) in [6.07, 6.45) is 4.91. The van der Waals surface area contributed by atoms with Gasteiger partial charge in [-0.2, -0.15) is 0 Å². The summed E-state index contributed by atoms with van der Waals surface area (Å²) in [5.74, 6) is 2.06. The molecule has 5 nitrogen and oxygen atoms in total. The lowest BCUT2D eigenvalue weighted by Crippen LogP contribution is -2.46. The number of nitrogens with zero attached hydrogens (tertiary/aromatic N) is 3. The van der Waals surface area contributed by atoms with Crippen LogP contribution in [-0.4, -0.2) is 60.6 Å². The highest BCUT2D eigenvalue weighted by Gasteiger charge is 2.28. The van der Waals surface area contributed by atoms with Crippen molar-refractivity contribution in [1.82, 2.24) is 15.1 Å². The van der Waals surface area contributed by atoms with Gasteiger partial charge in [0.1, 0.15) is 5.76 Å². The molecule has 1 aliphatic heterocycles. The van der Waals surface area contributed by atoms with E-state index in [2.05, 4.69) is 42.8 Å². The van der Waals surface area contributed by atoms with E-state index in [1.54, 1.807) is 6.26 Å². The Morgan fingerprint density at radius 3 is 2.83 bits per heavy atom. The van der Waals surface area contributed by atoms with Crippen molar-refractivity contribution in [3.8, 4) is 0 Å². The quantitative estimate of drug-likeness (QED) is 0.586. The molecule has 0 amide bonds. The van der Waals surface area contributed by atoms with Gasteiger partial charge in [0.25, 0.3) is 0 Å². The van der Waals surface area contributed by atoms with Crippen molar-refractivity contribution in [3.05, 3.63) is 24.2 Å². The fourth-order valence-electron chi connectivity index (χ4n) is 3.26. The minimum atomic E-state index is 0.444. The lowest BCUT2D eigenvalue weighted by Gasteiger charge is -2.28. The first-order chi connectivity index (χ1) is 11.7. The fourth-order valence-corrected chi connectivity index (χ4v) is 3.26. The minimum absolute atomic E-state index is 0.444. The van der Waals surface area contributed by atoms with E-state index in [0.717, 1.165) is 57.3 Å². The van der Waals surface area contributed by atoms with Gasteiger partial charge in [0.2, 0.25) is 0 Å². The summed E-state index contributed by atoms with van der Waals surface area (Å²) in [7, 11) is 0. The standard InChI is InChI=1S/C19H34N4O/c1-5-16(4)21-19(20-12-10-18-9-8-14-24-18)23-13-11-17(15-23)22(6-2)7-3/h8-9,14,16-17H,5-7,10-13,15H2,1-4H3,(H,20,21). The van der Waals surface area contributed by atoms with E-state index >= 15 is 0 Å². The summed E-state index contributed by atoms with van der Waals surface area (Å²) >= 11 is 0. The third-order valence-electron chi connectivity index (χ3n) is 4.98. The Hall–Kier alpha value is -1.49. The second kappa shape index (κ2) is 9.72. The molecule has 1 aliphatic rings. The lowest BCUT2D eigenvalue weighted by atomic mass is 10.2. The Kier molecular flexibility index (Phi) is 7.63. The van der Waals surface area contributed by atoms with Crippen LogP contribution in [0.2, 0.25) is 0 Å². The minimum Gasteiger partial charge on any atom is -0.469 e. The first kappa shape index (κ1) is 18.8. The zero-order valence-corrected chi connectivity index (χ0v) is 15.8. The van der Waals surface area contributed by atoms with Gasteiger partial charge in [-0.25, -0.2) is 0 Å². The Balaban J connectivity index is 1.97. The zero-order valence-electron chi connectivity index (χ0n) is 15.8. The van der Waals surface area contributed by atoms with Crippen LogP contribution in [-0.2, 0) is 6.42 Å². The number of nitrogens with one attached hydrogen (secondary N) is 1. The van der Waals surface area contributed by atoms with Crippen molar-refractivity contribution in [2.24, 2.45) is 4.99 Å². The molecule has 24 heavy (non-hydrogen) atoms. The van der Waals surface area contributed by atoms with E-state index in [0.29, 0.717) is 12.1 Å². The van der Waals surface area contributed by atoms with Crippen LogP contribution >= 0.6 is 0 Å². The molecule has 0 saturated carbocycles. The predicted molar refractivity (Wildman–Crippen MR) is 101 cm³/mol. The lowest BCUT2D eigenvalue weighted by molar-refractivity contribution is 0.223. The molecule has 0 radical (unpaired) electrons. The highest BCUT2D eigenvalue weighted by molar-refractivity contribution is 5.80. The fraction of sp³-hybridized carbons (Fsp3) is 0.737. The Morgan fingerprint density at radius 2 is 2.21 bits per heavy atom. The van der Waals surface area contributed by atoms with E-state index in [9.17, 15) is 0 Å². The number of aliphatic imine (C=N–C) groups is 1. The zero-order chi connectivity index (χ0) is 17.4. The van der Waals surface area contributed by atoms with Crippen molar-refractivity contribution in [1.29, 1.82) is 0 Å². The number of guanidine groups is 1. The van der Waals surface area contributed by atoms with Gasteiger partial charge in [0.05, 0.1) is 6.26 Å². The van der Waals surface area contributed by atoms with Crippen LogP contribution in [0.15, 0.2) is 27.8 Å². The molecule has 0 spiro atoms. The molecule has 0 aromatic carbocycles. The molecule has 136 valence electrons. The van der Waals surface area contributed by atoms with Gasteiger partial charge in [0.15, 0.2) is 5.96 Å². The van der Waals surface area contributed by atoms with Crippen molar-refractivity contribution < 1.29 is 4.42 Å². The predicted octanol–water partition coefficient (Wildman–Crippen LogP) is 2.98. The Morgan fingerprint density at radius 1 is 1.42 bits per heavy atom. The van der Waals surface area contributed by atoms with Crippen LogP contribution < -0.4 is 5.32 Å². The summed E-state index contributed by atoms with van der Waals surface area (Å²) in [5.41, 5.74) is 0. The van der Waals surface area contributed by atoms with E-state index in [1.807, 2.05) is 12.1 Å². The van der Waals surface area contributed by atoms with E-state index in [4.69, 9.17) is 9.41 Å². The summed E-state index contributed by atoms with van der Waals surface area (Å²) in [6.45, 7) is 14.1. The number of likely N-dealkylation sites (tertiary alicyclic amines) is 1. The molecule has 1 N–H and O–H groups in total. The molecule has 2 unspecified atom stereocenters. The number of hydrogen-bond acceptors (Lipinski definition) is 3. The van der Waals surface area contributed by atoms with Gasteiger partial charge >= 0.3 is 0 Å². The third kappa shape index (κ3) is 5.26. The molecule has 1 fully saturated rings. The summed E-state index contributed by atoms with van der Waals surface area (Å²) in [6, 6.07) is 5.05. The van der Waals surface area contributed by atoms with Gasteiger partial charge in [-0.3, -0.25) is 9.89 Å². The van der Waals surface area contributed by atoms with Crippen LogP contribution in [0.1, 0.15) is 46.3 Å². The van der Waals surface area contributed by atoms with Crippen LogP contribution in [0.3, 0.4) is 0 Å². The molecule has 0 bridgehead atoms. The number of rotatable bonds is 8. The van der Waals surface area contributed by atoms with Crippen LogP contribution in [0.25, 0.3) is 0 Å². The SMILES string of the molecule is CCC(C)NC(=NCCc1ccco1)N1CCC(N(CC)CC)C1. The first-order valence-electron chi connectivity index (χ1n) is 9.50. The second-order valence-corrected chi connectivity index (χ2v) is 6.60. The van der Waals surface area contributed by atoms with E-state index in [-0.39, 0.29) is 0 Å². The van der Waals surface area contributed by atoms with E-state index < -0.39 is 0 Å². The van der Waals surface area contributed by atoms with Gasteiger partial charge in [-0.05, 0) is 45.0 Å². The first-order valence-corrected chi connectivity index (χ1v) is 9.50. The molecule has 1 aromatic heterocycles. The number of likely N-dealkylation sites (N-methyl/N-ethyl adjacent to an activating group) is 1. The monoisotopic (exact) mass is 334 g/mol. The maximum atomic E-state index is 5.41. The molecule has 2 atom stereocenters. The number of furan rings is 1. The molecule has 0 aliphatic carbocycles. The molecule has 1 aromatic rings. The summed E-state index contributed by atoms with van der Waals surface area (Å²) in [5, 5.41) is 3.61. The van der Waals surface area contributed by atoms with Gasteiger partial charge in [0, 0.05) is 38.1 Å². The van der Waals surface area contributed by atoms with Crippen molar-refractivity contribution >= 4 is 5.96 Å².